The Morgan fingerprint density at radius 2 is 2.18 bits per heavy atom. The van der Waals surface area contributed by atoms with Crippen LogP contribution in [0.3, 0.4) is 0 Å². The van der Waals surface area contributed by atoms with Gasteiger partial charge in [0.2, 0.25) is 11.8 Å². The zero-order valence-electron chi connectivity index (χ0n) is 11.3. The monoisotopic (exact) mass is 306 g/mol. The molecule has 4 atom stereocenters. The van der Waals surface area contributed by atoms with Crippen LogP contribution in [-0.4, -0.2) is 59.4 Å². The lowest BCUT2D eigenvalue weighted by molar-refractivity contribution is -0.0732. The van der Waals surface area contributed by atoms with Crippen LogP contribution in [0.1, 0.15) is 11.8 Å². The van der Waals surface area contributed by atoms with Crippen molar-refractivity contribution < 1.29 is 25.2 Å². The van der Waals surface area contributed by atoms with Crippen LogP contribution in [0.25, 0.3) is 5.52 Å². The molecule has 0 aliphatic carbocycles. The molecular weight excluding hydrogens is 292 g/mol. The van der Waals surface area contributed by atoms with Crippen LogP contribution in [0.5, 0.6) is 5.88 Å². The van der Waals surface area contributed by atoms with E-state index in [2.05, 4.69) is 16.0 Å². The number of ether oxygens (including phenoxy) is 1. The Morgan fingerprint density at radius 1 is 1.45 bits per heavy atom. The standard InChI is InChI=1S/C13H14N4O5/c1-2-13(5-18)10(20)8(19)9(22-13)6-3-4-7-11(21)15-12(14)16-17(6)7/h1,3-4,8-10,18-20H,5H2,(H3,14,15,16,21)/t8?,9-,10?,13+/m0/s1. The number of nitrogen functional groups attached to an aromatic ring is 1. The predicted octanol–water partition coefficient (Wildman–Crippen LogP) is -1.83. The van der Waals surface area contributed by atoms with Crippen LogP contribution in [0.15, 0.2) is 12.1 Å². The average molecular weight is 306 g/mol. The summed E-state index contributed by atoms with van der Waals surface area (Å²) >= 11 is 0. The van der Waals surface area contributed by atoms with Crippen molar-refractivity contribution in [3.63, 3.8) is 0 Å². The number of terminal acetylenes is 1. The van der Waals surface area contributed by atoms with E-state index in [0.29, 0.717) is 5.69 Å². The molecule has 2 aromatic heterocycles. The lowest BCUT2D eigenvalue weighted by Gasteiger charge is -2.23. The summed E-state index contributed by atoms with van der Waals surface area (Å²) in [5, 5.41) is 43.3. The molecule has 1 fully saturated rings. The van der Waals surface area contributed by atoms with Crippen LogP contribution >= 0.6 is 0 Å². The van der Waals surface area contributed by atoms with Gasteiger partial charge in [0.25, 0.3) is 0 Å². The number of hydrogen-bond donors (Lipinski definition) is 5. The van der Waals surface area contributed by atoms with E-state index >= 15 is 0 Å². The topological polar surface area (TPSA) is 146 Å². The number of fused-ring (bicyclic) bond motifs is 1. The Hall–Kier alpha value is -2.38. The quantitative estimate of drug-likeness (QED) is 0.407. The second kappa shape index (κ2) is 4.82. The highest BCUT2D eigenvalue weighted by Gasteiger charge is 2.54. The van der Waals surface area contributed by atoms with Gasteiger partial charge in [0.05, 0.1) is 12.3 Å². The molecular formula is C13H14N4O5. The smallest absolute Gasteiger partial charge is 0.241 e. The second-order valence-corrected chi connectivity index (χ2v) is 5.01. The number of nitrogens with two attached hydrogens (primary N) is 1. The molecule has 6 N–H and O–H groups in total. The van der Waals surface area contributed by atoms with Crippen molar-refractivity contribution >= 4 is 11.5 Å². The predicted molar refractivity (Wildman–Crippen MR) is 73.6 cm³/mol. The first-order valence-electron chi connectivity index (χ1n) is 6.40. The van der Waals surface area contributed by atoms with E-state index in [-0.39, 0.29) is 17.3 Å². The first kappa shape index (κ1) is 14.6. The molecule has 1 saturated heterocycles. The van der Waals surface area contributed by atoms with Gasteiger partial charge in [-0.05, 0) is 12.1 Å². The summed E-state index contributed by atoms with van der Waals surface area (Å²) < 4.78 is 6.75. The molecule has 0 saturated carbocycles. The summed E-state index contributed by atoms with van der Waals surface area (Å²) in [4.78, 5) is 3.61. The molecule has 116 valence electrons. The second-order valence-electron chi connectivity index (χ2n) is 5.01. The summed E-state index contributed by atoms with van der Waals surface area (Å²) in [7, 11) is 0. The van der Waals surface area contributed by atoms with Crippen LogP contribution < -0.4 is 5.73 Å². The van der Waals surface area contributed by atoms with Crippen molar-refractivity contribution in [2.24, 2.45) is 0 Å². The first-order chi connectivity index (χ1) is 10.4. The van der Waals surface area contributed by atoms with Crippen molar-refractivity contribution in [2.75, 3.05) is 12.3 Å². The van der Waals surface area contributed by atoms with Crippen molar-refractivity contribution in [3.05, 3.63) is 17.8 Å². The molecule has 9 nitrogen and oxygen atoms in total. The molecule has 0 amide bonds. The lowest BCUT2D eigenvalue weighted by Crippen LogP contribution is -2.44. The van der Waals surface area contributed by atoms with E-state index in [9.17, 15) is 20.4 Å². The molecule has 3 rings (SSSR count). The Bertz CT molecular complexity index is 770. The highest BCUT2D eigenvalue weighted by molar-refractivity contribution is 5.58. The third-order valence-electron chi connectivity index (χ3n) is 3.76. The molecule has 0 bridgehead atoms. The van der Waals surface area contributed by atoms with Crippen molar-refractivity contribution in [3.8, 4) is 18.2 Å². The minimum absolute atomic E-state index is 0.180. The summed E-state index contributed by atoms with van der Waals surface area (Å²) in [6, 6.07) is 3.02. The Labute approximate surface area is 124 Å². The number of aromatic hydroxyl groups is 1. The van der Waals surface area contributed by atoms with Gasteiger partial charge in [0, 0.05) is 0 Å². The summed E-state index contributed by atoms with van der Waals surface area (Å²) in [6.07, 6.45) is 1.38. The summed E-state index contributed by atoms with van der Waals surface area (Å²) in [5.41, 5.74) is 4.33. The molecule has 2 aromatic rings. The van der Waals surface area contributed by atoms with Gasteiger partial charge in [-0.2, -0.15) is 4.98 Å². The minimum Gasteiger partial charge on any atom is -0.492 e. The largest absolute Gasteiger partial charge is 0.492 e. The molecule has 3 heterocycles. The van der Waals surface area contributed by atoms with E-state index in [4.69, 9.17) is 16.9 Å². The molecule has 0 radical (unpaired) electrons. The fourth-order valence-corrected chi connectivity index (χ4v) is 2.57. The van der Waals surface area contributed by atoms with E-state index in [0.717, 1.165) is 0 Å². The highest BCUT2D eigenvalue weighted by Crippen LogP contribution is 2.40. The normalized spacial score (nSPS) is 31.5. The van der Waals surface area contributed by atoms with Gasteiger partial charge in [-0.25, -0.2) is 4.52 Å². The SMILES string of the molecule is C#C[C@]1(CO)O[C@@H](c2ccc3c(O)nc(N)nn23)C(O)C1O. The fourth-order valence-electron chi connectivity index (χ4n) is 2.57. The summed E-state index contributed by atoms with van der Waals surface area (Å²) in [6.45, 7) is -0.663. The van der Waals surface area contributed by atoms with E-state index < -0.39 is 30.5 Å². The minimum atomic E-state index is -1.71. The molecule has 2 unspecified atom stereocenters. The van der Waals surface area contributed by atoms with Gasteiger partial charge in [-0.1, -0.05) is 5.92 Å². The van der Waals surface area contributed by atoms with Crippen molar-refractivity contribution in [2.45, 2.75) is 23.9 Å². The van der Waals surface area contributed by atoms with E-state index in [1.54, 1.807) is 0 Å². The summed E-state index contributed by atoms with van der Waals surface area (Å²) in [5.74, 6) is 1.66. The van der Waals surface area contributed by atoms with Crippen LogP contribution in [0, 0.1) is 12.3 Å². The van der Waals surface area contributed by atoms with Crippen LogP contribution in [0.2, 0.25) is 0 Å². The van der Waals surface area contributed by atoms with Crippen LogP contribution in [0.4, 0.5) is 5.95 Å². The first-order valence-corrected chi connectivity index (χ1v) is 6.40. The Morgan fingerprint density at radius 3 is 2.77 bits per heavy atom. The third kappa shape index (κ3) is 1.83. The molecule has 1 aliphatic rings. The molecule has 1 aliphatic heterocycles. The zero-order valence-corrected chi connectivity index (χ0v) is 11.3. The lowest BCUT2D eigenvalue weighted by atomic mass is 9.96. The van der Waals surface area contributed by atoms with Gasteiger partial charge < -0.3 is 30.9 Å². The van der Waals surface area contributed by atoms with Crippen molar-refractivity contribution in [1.82, 2.24) is 14.6 Å². The molecule has 0 aromatic carbocycles. The van der Waals surface area contributed by atoms with Crippen molar-refractivity contribution in [1.29, 1.82) is 0 Å². The number of aliphatic hydroxyl groups is 3. The molecule has 0 spiro atoms. The van der Waals surface area contributed by atoms with E-state index in [1.165, 1.54) is 16.6 Å². The van der Waals surface area contributed by atoms with Gasteiger partial charge in [-0.3, -0.25) is 0 Å². The molecule has 9 heteroatoms. The number of aromatic nitrogens is 3. The number of hydrogen-bond acceptors (Lipinski definition) is 8. The van der Waals surface area contributed by atoms with Crippen LogP contribution in [-0.2, 0) is 4.74 Å². The number of nitrogens with zero attached hydrogens (tertiary/aromatic N) is 3. The number of aliphatic hydroxyl groups excluding tert-OH is 3. The van der Waals surface area contributed by atoms with E-state index in [1.807, 2.05) is 0 Å². The maximum Gasteiger partial charge on any atom is 0.241 e. The molecule has 22 heavy (non-hydrogen) atoms. The van der Waals surface area contributed by atoms with Gasteiger partial charge in [-0.15, -0.1) is 11.5 Å². The van der Waals surface area contributed by atoms with Gasteiger partial charge >= 0.3 is 0 Å². The maximum atomic E-state index is 10.2. The zero-order chi connectivity index (χ0) is 16.1. The highest BCUT2D eigenvalue weighted by atomic mass is 16.6. The Kier molecular flexibility index (Phi) is 3.19. The fraction of sp³-hybridized carbons (Fsp3) is 0.385. The third-order valence-corrected chi connectivity index (χ3v) is 3.76. The average Bonchev–Trinajstić information content (AvgIpc) is 3.01. The van der Waals surface area contributed by atoms with Gasteiger partial charge in [0.1, 0.15) is 23.8 Å². The number of anilines is 1. The number of rotatable bonds is 2. The maximum absolute atomic E-state index is 10.2. The van der Waals surface area contributed by atoms with Gasteiger partial charge in [0.15, 0.2) is 5.60 Å². The Balaban J connectivity index is 2.11.